The summed E-state index contributed by atoms with van der Waals surface area (Å²) in [5.41, 5.74) is 0.948. The molecule has 2 heterocycles. The molecule has 2 rings (SSSR count). The highest BCUT2D eigenvalue weighted by Crippen LogP contribution is 2.16. The molecule has 0 radical (unpaired) electrons. The van der Waals surface area contributed by atoms with Crippen LogP contribution in [0.15, 0.2) is 23.3 Å². The van der Waals surface area contributed by atoms with Crippen molar-refractivity contribution >= 4 is 6.09 Å². The summed E-state index contributed by atoms with van der Waals surface area (Å²) in [6.45, 7) is 8.69. The molecule has 1 saturated heterocycles. The highest BCUT2D eigenvalue weighted by atomic mass is 16.6. The molecule has 22 heavy (non-hydrogen) atoms. The molecule has 1 atom stereocenters. The SMILES string of the molecule is Cc1cccn(O)c1=NC1CCCN(C(=O)OC(C)(C)C)C1. The van der Waals surface area contributed by atoms with Crippen molar-refractivity contribution in [2.45, 2.75) is 52.2 Å². The summed E-state index contributed by atoms with van der Waals surface area (Å²) in [7, 11) is 0. The number of aromatic nitrogens is 1. The average molecular weight is 307 g/mol. The quantitative estimate of drug-likeness (QED) is 0.810. The average Bonchev–Trinajstić information content (AvgIpc) is 2.41. The number of amides is 1. The third-order valence-corrected chi connectivity index (χ3v) is 3.50. The molecule has 1 fully saturated rings. The molecule has 1 N–H and O–H groups in total. The zero-order valence-electron chi connectivity index (χ0n) is 13.7. The lowest BCUT2D eigenvalue weighted by Crippen LogP contribution is -2.45. The highest BCUT2D eigenvalue weighted by molar-refractivity contribution is 5.68. The van der Waals surface area contributed by atoms with E-state index >= 15 is 0 Å². The fourth-order valence-electron chi connectivity index (χ4n) is 2.48. The molecular formula is C16H25N3O3. The molecule has 1 aliphatic rings. The van der Waals surface area contributed by atoms with Crippen molar-refractivity contribution in [1.29, 1.82) is 0 Å². The first-order valence-corrected chi connectivity index (χ1v) is 7.65. The number of aryl methyl sites for hydroxylation is 1. The second-order valence-electron chi connectivity index (χ2n) is 6.71. The third-order valence-electron chi connectivity index (χ3n) is 3.50. The molecule has 122 valence electrons. The van der Waals surface area contributed by atoms with E-state index in [1.165, 1.54) is 0 Å². The molecule has 1 aromatic rings. The third kappa shape index (κ3) is 4.26. The number of hydrogen-bond acceptors (Lipinski definition) is 4. The Morgan fingerprint density at radius 1 is 1.45 bits per heavy atom. The van der Waals surface area contributed by atoms with Crippen LogP contribution in [0.1, 0.15) is 39.2 Å². The Bertz CT molecular complexity index is 578. The van der Waals surface area contributed by atoms with Gasteiger partial charge in [-0.2, -0.15) is 4.73 Å². The first kappa shape index (κ1) is 16.4. The van der Waals surface area contributed by atoms with Crippen LogP contribution in [0.2, 0.25) is 0 Å². The molecule has 1 amide bonds. The predicted molar refractivity (Wildman–Crippen MR) is 82.7 cm³/mol. The summed E-state index contributed by atoms with van der Waals surface area (Å²) >= 11 is 0. The van der Waals surface area contributed by atoms with Gasteiger partial charge in [-0.05, 0) is 52.2 Å². The Kier molecular flexibility index (Phi) is 4.78. The molecule has 0 spiro atoms. The summed E-state index contributed by atoms with van der Waals surface area (Å²) < 4.78 is 6.44. The smallest absolute Gasteiger partial charge is 0.410 e. The number of pyridine rings is 1. The molecule has 0 aliphatic carbocycles. The van der Waals surface area contributed by atoms with Gasteiger partial charge in [0.05, 0.1) is 6.04 Å². The first-order chi connectivity index (χ1) is 10.3. The van der Waals surface area contributed by atoms with Crippen LogP contribution >= 0.6 is 0 Å². The summed E-state index contributed by atoms with van der Waals surface area (Å²) in [5, 5.41) is 9.87. The highest BCUT2D eigenvalue weighted by Gasteiger charge is 2.27. The molecule has 1 aliphatic heterocycles. The largest absolute Gasteiger partial charge is 0.444 e. The minimum Gasteiger partial charge on any atom is -0.444 e. The maximum Gasteiger partial charge on any atom is 0.410 e. The lowest BCUT2D eigenvalue weighted by atomic mass is 10.1. The van der Waals surface area contributed by atoms with Gasteiger partial charge in [0.1, 0.15) is 5.60 Å². The maximum absolute atomic E-state index is 12.2. The zero-order chi connectivity index (χ0) is 16.3. The number of likely N-dealkylation sites (tertiary alicyclic amines) is 1. The van der Waals surface area contributed by atoms with Gasteiger partial charge in [-0.15, -0.1) is 0 Å². The second kappa shape index (κ2) is 6.42. The van der Waals surface area contributed by atoms with E-state index in [9.17, 15) is 10.0 Å². The van der Waals surface area contributed by atoms with Crippen molar-refractivity contribution < 1.29 is 14.7 Å². The molecule has 1 unspecified atom stereocenters. The lowest BCUT2D eigenvalue weighted by Gasteiger charge is -2.32. The number of piperidine rings is 1. The standard InChI is InChI=1S/C16H25N3O3/c1-12-7-5-10-19(21)14(12)17-13-8-6-9-18(11-13)15(20)22-16(2,3)4/h5,7,10,13,21H,6,8-9,11H2,1-4H3. The van der Waals surface area contributed by atoms with Crippen molar-refractivity contribution in [1.82, 2.24) is 9.63 Å². The van der Waals surface area contributed by atoms with Gasteiger partial charge in [-0.1, -0.05) is 6.07 Å². The van der Waals surface area contributed by atoms with E-state index in [2.05, 4.69) is 4.99 Å². The Labute approximate surface area is 131 Å². The van der Waals surface area contributed by atoms with Crippen LogP contribution < -0.4 is 5.49 Å². The van der Waals surface area contributed by atoms with Gasteiger partial charge in [0.25, 0.3) is 0 Å². The number of ether oxygens (including phenoxy) is 1. The maximum atomic E-state index is 12.2. The Balaban J connectivity index is 2.13. The fourth-order valence-corrected chi connectivity index (χ4v) is 2.48. The second-order valence-corrected chi connectivity index (χ2v) is 6.71. The van der Waals surface area contributed by atoms with Crippen LogP contribution in [0.4, 0.5) is 4.79 Å². The normalized spacial score (nSPS) is 20.1. The van der Waals surface area contributed by atoms with E-state index in [4.69, 9.17) is 4.74 Å². The monoisotopic (exact) mass is 307 g/mol. The van der Waals surface area contributed by atoms with Crippen LogP contribution in [0, 0.1) is 6.92 Å². The summed E-state index contributed by atoms with van der Waals surface area (Å²) in [6, 6.07) is 3.64. The number of carbonyl (C=O) groups is 1. The van der Waals surface area contributed by atoms with Crippen LogP contribution in [-0.2, 0) is 4.74 Å². The molecule has 1 aromatic heterocycles. The van der Waals surface area contributed by atoms with Crippen molar-refractivity contribution in [3.63, 3.8) is 0 Å². The number of carbonyl (C=O) groups excluding carboxylic acids is 1. The Morgan fingerprint density at radius 3 is 2.82 bits per heavy atom. The van der Waals surface area contributed by atoms with E-state index in [1.807, 2.05) is 33.8 Å². The van der Waals surface area contributed by atoms with E-state index < -0.39 is 5.60 Å². The summed E-state index contributed by atoms with van der Waals surface area (Å²) in [4.78, 5) is 18.5. The predicted octanol–water partition coefficient (Wildman–Crippen LogP) is 2.33. The zero-order valence-corrected chi connectivity index (χ0v) is 13.7. The number of nitrogens with zero attached hydrogens (tertiary/aromatic N) is 3. The lowest BCUT2D eigenvalue weighted by molar-refractivity contribution is 0.0199. The van der Waals surface area contributed by atoms with E-state index in [0.29, 0.717) is 18.6 Å². The van der Waals surface area contributed by atoms with Crippen molar-refractivity contribution in [2.24, 2.45) is 4.99 Å². The summed E-state index contributed by atoms with van der Waals surface area (Å²) in [5.74, 6) is 0. The Morgan fingerprint density at radius 2 is 2.18 bits per heavy atom. The number of rotatable bonds is 1. The van der Waals surface area contributed by atoms with Gasteiger partial charge in [-0.25, -0.2) is 4.79 Å². The van der Waals surface area contributed by atoms with Gasteiger partial charge in [-0.3, -0.25) is 4.99 Å². The van der Waals surface area contributed by atoms with Crippen LogP contribution in [0.3, 0.4) is 0 Å². The molecule has 0 saturated carbocycles. The Hall–Kier alpha value is -1.98. The van der Waals surface area contributed by atoms with Crippen LogP contribution in [0.25, 0.3) is 0 Å². The van der Waals surface area contributed by atoms with Crippen LogP contribution in [0.5, 0.6) is 0 Å². The number of hydrogen-bond donors (Lipinski definition) is 1. The van der Waals surface area contributed by atoms with Gasteiger partial charge in [0.15, 0.2) is 5.49 Å². The van der Waals surface area contributed by atoms with Gasteiger partial charge >= 0.3 is 6.09 Å². The van der Waals surface area contributed by atoms with Gasteiger partial charge in [0.2, 0.25) is 0 Å². The molecule has 6 nitrogen and oxygen atoms in total. The minimum atomic E-state index is -0.495. The van der Waals surface area contributed by atoms with Crippen molar-refractivity contribution in [2.75, 3.05) is 13.1 Å². The van der Waals surface area contributed by atoms with Crippen molar-refractivity contribution in [3.05, 3.63) is 29.4 Å². The van der Waals surface area contributed by atoms with E-state index in [1.54, 1.807) is 17.2 Å². The van der Waals surface area contributed by atoms with Crippen molar-refractivity contribution in [3.8, 4) is 0 Å². The first-order valence-electron chi connectivity index (χ1n) is 7.65. The van der Waals surface area contributed by atoms with Gasteiger partial charge in [0, 0.05) is 19.3 Å². The minimum absolute atomic E-state index is 0.0271. The topological polar surface area (TPSA) is 67.1 Å². The fraction of sp³-hybridized carbons (Fsp3) is 0.625. The molecule has 0 bridgehead atoms. The van der Waals surface area contributed by atoms with Crippen LogP contribution in [-0.4, -0.2) is 45.7 Å². The molecular weight excluding hydrogens is 282 g/mol. The van der Waals surface area contributed by atoms with Gasteiger partial charge < -0.3 is 14.8 Å². The molecule has 6 heteroatoms. The van der Waals surface area contributed by atoms with E-state index in [0.717, 1.165) is 23.1 Å². The molecule has 0 aromatic carbocycles. The van der Waals surface area contributed by atoms with E-state index in [-0.39, 0.29) is 12.1 Å². The summed E-state index contributed by atoms with van der Waals surface area (Å²) in [6.07, 6.45) is 3.03.